The summed E-state index contributed by atoms with van der Waals surface area (Å²) < 4.78 is 1.96. The standard InChI is InChI=1S/C11H17N7/c1-12-10-14-8(15-11(16-10)17(2)3)7-9-13-5-6-18(9)4/h5-6H,7H2,1-4H3,(H,12,14,15,16). The molecule has 2 heterocycles. The highest BCUT2D eigenvalue weighted by Crippen LogP contribution is 2.10. The van der Waals surface area contributed by atoms with E-state index < -0.39 is 0 Å². The van der Waals surface area contributed by atoms with Crippen LogP contribution in [-0.2, 0) is 13.5 Å². The smallest absolute Gasteiger partial charge is 0.229 e. The lowest BCUT2D eigenvalue weighted by molar-refractivity contribution is 0.785. The van der Waals surface area contributed by atoms with Gasteiger partial charge in [0.15, 0.2) is 0 Å². The van der Waals surface area contributed by atoms with Crippen LogP contribution in [0, 0.1) is 0 Å². The molecule has 0 aliphatic rings. The Hall–Kier alpha value is -2.18. The van der Waals surface area contributed by atoms with Crippen LogP contribution in [0.5, 0.6) is 0 Å². The normalized spacial score (nSPS) is 10.4. The van der Waals surface area contributed by atoms with E-state index in [9.17, 15) is 0 Å². The van der Waals surface area contributed by atoms with Crippen LogP contribution in [-0.4, -0.2) is 45.6 Å². The average Bonchev–Trinajstić information content (AvgIpc) is 2.74. The van der Waals surface area contributed by atoms with E-state index in [4.69, 9.17) is 0 Å². The molecule has 7 heteroatoms. The van der Waals surface area contributed by atoms with Crippen molar-refractivity contribution >= 4 is 11.9 Å². The van der Waals surface area contributed by atoms with E-state index in [2.05, 4.69) is 25.3 Å². The zero-order valence-corrected chi connectivity index (χ0v) is 11.0. The summed E-state index contributed by atoms with van der Waals surface area (Å²) in [4.78, 5) is 19.1. The van der Waals surface area contributed by atoms with E-state index in [1.165, 1.54) is 0 Å². The monoisotopic (exact) mass is 247 g/mol. The summed E-state index contributed by atoms with van der Waals surface area (Å²) in [7, 11) is 7.55. The van der Waals surface area contributed by atoms with Crippen molar-refractivity contribution in [3.8, 4) is 0 Å². The topological polar surface area (TPSA) is 71.8 Å². The molecule has 0 saturated carbocycles. The van der Waals surface area contributed by atoms with Gasteiger partial charge in [-0.15, -0.1) is 0 Å². The lowest BCUT2D eigenvalue weighted by Crippen LogP contribution is -2.16. The molecule has 0 aliphatic carbocycles. The van der Waals surface area contributed by atoms with Crippen LogP contribution >= 0.6 is 0 Å². The molecule has 0 amide bonds. The van der Waals surface area contributed by atoms with Gasteiger partial charge < -0.3 is 14.8 Å². The number of aryl methyl sites for hydroxylation is 1. The SMILES string of the molecule is CNc1nc(Cc2nccn2C)nc(N(C)C)n1. The van der Waals surface area contributed by atoms with Gasteiger partial charge in [0.05, 0.1) is 6.42 Å². The predicted molar refractivity (Wildman–Crippen MR) is 69.7 cm³/mol. The molecule has 0 unspecified atom stereocenters. The third kappa shape index (κ3) is 2.55. The Labute approximate surface area is 106 Å². The van der Waals surface area contributed by atoms with Crippen LogP contribution in [0.1, 0.15) is 11.6 Å². The second-order valence-electron chi connectivity index (χ2n) is 4.15. The highest BCUT2D eigenvalue weighted by atomic mass is 15.3. The Morgan fingerprint density at radius 3 is 2.61 bits per heavy atom. The van der Waals surface area contributed by atoms with Gasteiger partial charge in [0.2, 0.25) is 11.9 Å². The van der Waals surface area contributed by atoms with Gasteiger partial charge in [-0.05, 0) is 0 Å². The fourth-order valence-corrected chi connectivity index (χ4v) is 1.51. The van der Waals surface area contributed by atoms with E-state index in [1.807, 2.05) is 36.8 Å². The Balaban J connectivity index is 2.32. The molecular formula is C11H17N7. The molecule has 0 atom stereocenters. The van der Waals surface area contributed by atoms with Crippen molar-refractivity contribution in [1.82, 2.24) is 24.5 Å². The summed E-state index contributed by atoms with van der Waals surface area (Å²) in [5, 5.41) is 2.94. The third-order valence-electron chi connectivity index (χ3n) is 2.53. The molecule has 0 radical (unpaired) electrons. The van der Waals surface area contributed by atoms with Crippen molar-refractivity contribution < 1.29 is 0 Å². The molecule has 0 aromatic carbocycles. The summed E-state index contributed by atoms with van der Waals surface area (Å²) in [5.74, 6) is 2.83. The lowest BCUT2D eigenvalue weighted by Gasteiger charge is -2.12. The molecule has 2 aromatic heterocycles. The number of rotatable bonds is 4. The zero-order valence-electron chi connectivity index (χ0n) is 11.0. The lowest BCUT2D eigenvalue weighted by atomic mass is 10.4. The first-order chi connectivity index (χ1) is 8.60. The quantitative estimate of drug-likeness (QED) is 0.838. The molecule has 0 spiro atoms. The molecule has 0 aliphatic heterocycles. The molecule has 0 fully saturated rings. The minimum absolute atomic E-state index is 0.568. The number of hydrogen-bond acceptors (Lipinski definition) is 6. The van der Waals surface area contributed by atoms with Crippen molar-refractivity contribution in [2.45, 2.75) is 6.42 Å². The van der Waals surface area contributed by atoms with Crippen LogP contribution < -0.4 is 10.2 Å². The van der Waals surface area contributed by atoms with Crippen molar-refractivity contribution in [2.75, 3.05) is 31.4 Å². The summed E-state index contributed by atoms with van der Waals surface area (Å²) in [6.07, 6.45) is 4.26. The minimum Gasteiger partial charge on any atom is -0.357 e. The highest BCUT2D eigenvalue weighted by molar-refractivity contribution is 5.35. The third-order valence-corrected chi connectivity index (χ3v) is 2.53. The Morgan fingerprint density at radius 2 is 2.06 bits per heavy atom. The van der Waals surface area contributed by atoms with Gasteiger partial charge in [-0.1, -0.05) is 0 Å². The first kappa shape index (κ1) is 12.3. The molecule has 1 N–H and O–H groups in total. The van der Waals surface area contributed by atoms with Gasteiger partial charge in [0, 0.05) is 40.6 Å². The van der Waals surface area contributed by atoms with Gasteiger partial charge in [-0.2, -0.15) is 15.0 Å². The van der Waals surface area contributed by atoms with Crippen LogP contribution in [0.15, 0.2) is 12.4 Å². The summed E-state index contributed by atoms with van der Waals surface area (Å²) in [6, 6.07) is 0. The van der Waals surface area contributed by atoms with Crippen molar-refractivity contribution in [1.29, 1.82) is 0 Å². The van der Waals surface area contributed by atoms with Gasteiger partial charge in [-0.25, -0.2) is 4.98 Å². The number of nitrogens with one attached hydrogen (secondary N) is 1. The minimum atomic E-state index is 0.568. The first-order valence-electron chi connectivity index (χ1n) is 5.66. The molecule has 2 aromatic rings. The molecule has 2 rings (SSSR count). The van der Waals surface area contributed by atoms with E-state index in [-0.39, 0.29) is 0 Å². The van der Waals surface area contributed by atoms with E-state index >= 15 is 0 Å². The van der Waals surface area contributed by atoms with Crippen LogP contribution in [0.4, 0.5) is 11.9 Å². The molecule has 96 valence electrons. The Bertz CT molecular complexity index is 532. The molecular weight excluding hydrogens is 230 g/mol. The highest BCUT2D eigenvalue weighted by Gasteiger charge is 2.09. The van der Waals surface area contributed by atoms with Gasteiger partial charge >= 0.3 is 0 Å². The van der Waals surface area contributed by atoms with E-state index in [1.54, 1.807) is 13.2 Å². The molecule has 18 heavy (non-hydrogen) atoms. The molecule has 0 bridgehead atoms. The van der Waals surface area contributed by atoms with Crippen LogP contribution in [0.3, 0.4) is 0 Å². The number of imidazole rings is 1. The number of aromatic nitrogens is 5. The molecule has 7 nitrogen and oxygen atoms in total. The summed E-state index contributed by atoms with van der Waals surface area (Å²) >= 11 is 0. The van der Waals surface area contributed by atoms with E-state index in [0.29, 0.717) is 24.1 Å². The first-order valence-corrected chi connectivity index (χ1v) is 5.66. The van der Waals surface area contributed by atoms with Gasteiger partial charge in [0.1, 0.15) is 11.6 Å². The predicted octanol–water partition coefficient (Wildman–Crippen LogP) is 0.304. The zero-order chi connectivity index (χ0) is 13.1. The van der Waals surface area contributed by atoms with Gasteiger partial charge in [-0.3, -0.25) is 0 Å². The van der Waals surface area contributed by atoms with Gasteiger partial charge in [0.25, 0.3) is 0 Å². The fraction of sp³-hybridized carbons (Fsp3) is 0.455. The van der Waals surface area contributed by atoms with Crippen LogP contribution in [0.2, 0.25) is 0 Å². The largest absolute Gasteiger partial charge is 0.357 e. The second-order valence-corrected chi connectivity index (χ2v) is 4.15. The van der Waals surface area contributed by atoms with Crippen molar-refractivity contribution in [3.63, 3.8) is 0 Å². The summed E-state index contributed by atoms with van der Waals surface area (Å²) in [5.41, 5.74) is 0. The molecule has 0 saturated heterocycles. The fourth-order valence-electron chi connectivity index (χ4n) is 1.51. The van der Waals surface area contributed by atoms with Crippen LogP contribution in [0.25, 0.3) is 0 Å². The second kappa shape index (κ2) is 4.99. The maximum Gasteiger partial charge on any atom is 0.229 e. The number of anilines is 2. The average molecular weight is 247 g/mol. The summed E-state index contributed by atoms with van der Waals surface area (Å²) in [6.45, 7) is 0. The number of nitrogens with zero attached hydrogens (tertiary/aromatic N) is 6. The Kier molecular flexibility index (Phi) is 3.40. The Morgan fingerprint density at radius 1 is 1.28 bits per heavy atom. The van der Waals surface area contributed by atoms with E-state index in [0.717, 1.165) is 5.82 Å². The van der Waals surface area contributed by atoms with Crippen molar-refractivity contribution in [2.24, 2.45) is 7.05 Å². The maximum absolute atomic E-state index is 4.41. The van der Waals surface area contributed by atoms with Crippen molar-refractivity contribution in [3.05, 3.63) is 24.0 Å². The number of hydrogen-bond donors (Lipinski definition) is 1. The maximum atomic E-state index is 4.41.